The Morgan fingerprint density at radius 2 is 1.42 bits per heavy atom. The molecule has 6 atom stereocenters. The van der Waals surface area contributed by atoms with Crippen LogP contribution in [-0.4, -0.2) is 58.1 Å². The largest absolute Gasteiger partial charge is 0.379 e. The number of hydrogen-bond acceptors (Lipinski definition) is 7. The first-order valence-corrected chi connectivity index (χ1v) is 17.8. The lowest BCUT2D eigenvalue weighted by Crippen LogP contribution is -2.52. The first kappa shape index (κ1) is 32.2. The molecule has 0 unspecified atom stereocenters. The predicted molar refractivity (Wildman–Crippen MR) is 173 cm³/mol. The summed E-state index contributed by atoms with van der Waals surface area (Å²) in [5, 5.41) is 1.97. The van der Waals surface area contributed by atoms with Crippen molar-refractivity contribution < 1.29 is 31.8 Å². The highest BCUT2D eigenvalue weighted by molar-refractivity contribution is 9.12. The van der Waals surface area contributed by atoms with E-state index < -0.39 is 52.0 Å². The number of rotatable bonds is 8. The van der Waals surface area contributed by atoms with E-state index in [4.69, 9.17) is 27.4 Å². The number of halogens is 4. The lowest BCUT2D eigenvalue weighted by atomic mass is 9.81. The quantitative estimate of drug-likeness (QED) is 0.117. The molecule has 3 aliphatic rings. The monoisotopic (exact) mass is 796 g/mol. The van der Waals surface area contributed by atoms with Gasteiger partial charge >= 0.3 is 10.1 Å². The van der Waals surface area contributed by atoms with Gasteiger partial charge in [0.1, 0.15) is 17.2 Å². The van der Waals surface area contributed by atoms with E-state index in [1.54, 1.807) is 12.1 Å². The molecule has 3 fully saturated rings. The van der Waals surface area contributed by atoms with Crippen LogP contribution in [0.5, 0.6) is 5.75 Å². The van der Waals surface area contributed by atoms with Gasteiger partial charge in [-0.2, -0.15) is 13.4 Å². The van der Waals surface area contributed by atoms with E-state index in [1.807, 2.05) is 6.92 Å². The highest BCUT2D eigenvalue weighted by Gasteiger charge is 2.67. The molecule has 3 amide bonds. The first-order valence-electron chi connectivity index (χ1n) is 13.9. The number of fused-ring (bicyclic) bond motifs is 5. The van der Waals surface area contributed by atoms with Gasteiger partial charge in [-0.3, -0.25) is 19.2 Å². The molecule has 0 N–H and O–H groups in total. The Kier molecular flexibility index (Phi) is 8.66. The van der Waals surface area contributed by atoms with E-state index in [9.17, 15) is 27.6 Å². The van der Waals surface area contributed by atoms with Crippen LogP contribution in [-0.2, 0) is 19.7 Å². The number of ketones is 1. The minimum atomic E-state index is -4.12. The SMILES string of the molecule is Cc1ccc(S(=O)(=O)Oc2ccc(C(=O)CN(C(=O)c3ccc(Cl)c(Cl)c3)N3C(=O)[C@@H]4[C@H]5C[C@@H]([C@H](Br)[C@@H]5Br)[C@@H]4C3=O)cc2)cc1. The van der Waals surface area contributed by atoms with Crippen molar-refractivity contribution in [2.45, 2.75) is 27.9 Å². The van der Waals surface area contributed by atoms with E-state index in [1.165, 1.54) is 54.6 Å². The van der Waals surface area contributed by atoms with Crippen LogP contribution in [0.3, 0.4) is 0 Å². The molecular weight excluding hydrogens is 775 g/mol. The van der Waals surface area contributed by atoms with Gasteiger partial charge in [0, 0.05) is 20.8 Å². The lowest BCUT2D eigenvalue weighted by molar-refractivity contribution is -0.154. The van der Waals surface area contributed by atoms with Gasteiger partial charge in [0.2, 0.25) is 0 Å². The average molecular weight is 799 g/mol. The fourth-order valence-corrected chi connectivity index (χ4v) is 9.49. The Bertz CT molecular complexity index is 1810. The molecule has 1 aliphatic heterocycles. The summed E-state index contributed by atoms with van der Waals surface area (Å²) in [6.07, 6.45) is 0.695. The van der Waals surface area contributed by atoms with Crippen LogP contribution in [0.1, 0.15) is 32.7 Å². The second-order valence-corrected chi connectivity index (χ2v) is 15.8. The van der Waals surface area contributed by atoms with Crippen LogP contribution in [0.4, 0.5) is 0 Å². The smallest absolute Gasteiger partial charge is 0.339 e. The number of imide groups is 1. The second-order valence-electron chi connectivity index (χ2n) is 11.3. The average Bonchev–Trinajstić information content (AvgIpc) is 3.62. The minimum absolute atomic E-state index is 0.0168. The van der Waals surface area contributed by atoms with Crippen molar-refractivity contribution in [3.8, 4) is 5.75 Å². The number of alkyl halides is 2. The molecule has 0 spiro atoms. The van der Waals surface area contributed by atoms with E-state index in [2.05, 4.69) is 31.9 Å². The van der Waals surface area contributed by atoms with Crippen LogP contribution in [0, 0.1) is 30.6 Å². The number of amides is 3. The first-order chi connectivity index (χ1) is 21.3. The summed E-state index contributed by atoms with van der Waals surface area (Å²) in [6.45, 7) is 1.18. The molecule has 6 rings (SSSR count). The lowest BCUT2D eigenvalue weighted by Gasteiger charge is -2.31. The third-order valence-electron chi connectivity index (χ3n) is 8.59. The zero-order valence-electron chi connectivity index (χ0n) is 23.4. The summed E-state index contributed by atoms with van der Waals surface area (Å²) >= 11 is 19.5. The van der Waals surface area contributed by atoms with Crippen molar-refractivity contribution in [3.05, 3.63) is 93.5 Å². The number of hydrazine groups is 1. The molecule has 234 valence electrons. The van der Waals surface area contributed by atoms with Crippen LogP contribution >= 0.6 is 55.1 Å². The zero-order chi connectivity index (χ0) is 32.4. The molecule has 1 saturated heterocycles. The molecule has 2 saturated carbocycles. The molecule has 0 radical (unpaired) electrons. The second kappa shape index (κ2) is 12.1. The van der Waals surface area contributed by atoms with Gasteiger partial charge < -0.3 is 4.18 Å². The van der Waals surface area contributed by atoms with Gasteiger partial charge in [0.15, 0.2) is 5.78 Å². The zero-order valence-corrected chi connectivity index (χ0v) is 28.9. The van der Waals surface area contributed by atoms with Crippen molar-refractivity contribution in [2.24, 2.45) is 23.7 Å². The fraction of sp³-hybridized carbons (Fsp3) is 0.290. The number of nitrogens with zero attached hydrogens (tertiary/aromatic N) is 2. The molecule has 14 heteroatoms. The Morgan fingerprint density at radius 1 is 0.867 bits per heavy atom. The van der Waals surface area contributed by atoms with Gasteiger partial charge in [0.05, 0.1) is 21.9 Å². The van der Waals surface area contributed by atoms with Crippen LogP contribution < -0.4 is 4.18 Å². The number of carbonyl (C=O) groups excluding carboxylic acids is 4. The van der Waals surface area contributed by atoms with Crippen molar-refractivity contribution in [3.63, 3.8) is 0 Å². The Hall–Kier alpha value is -2.77. The normalized spacial score (nSPS) is 25.4. The summed E-state index contributed by atoms with van der Waals surface area (Å²) in [4.78, 5) is 55.0. The van der Waals surface area contributed by atoms with Gasteiger partial charge in [0.25, 0.3) is 17.7 Å². The summed E-state index contributed by atoms with van der Waals surface area (Å²) in [7, 11) is -4.12. The molecular formula is C31H24Br2Cl2N2O7S. The predicted octanol–water partition coefficient (Wildman–Crippen LogP) is 6.09. The molecule has 2 aliphatic carbocycles. The third-order valence-corrected chi connectivity index (χ3v) is 13.8. The number of benzene rings is 3. The maximum absolute atomic E-state index is 13.9. The van der Waals surface area contributed by atoms with Gasteiger partial charge in [-0.15, -0.1) is 0 Å². The summed E-state index contributed by atoms with van der Waals surface area (Å²) < 4.78 is 30.6. The number of hydrogen-bond donors (Lipinski definition) is 0. The standard InChI is InChI=1S/C31H24Br2Cl2N2O7S/c1-15-2-9-19(10-3-15)45(42,43)44-18-7-4-16(5-8-18)24(38)14-36(29(39)17-6-11-22(34)23(35)12-17)37-30(40)25-20-13-21(26(25)31(37)41)28(33)27(20)32/h2-12,20-21,25-28H,13-14H2,1H3/t20-,21-,25-,26+,27-,28+/m1/s1. The highest BCUT2D eigenvalue weighted by atomic mass is 79.9. The van der Waals surface area contributed by atoms with Crippen molar-refractivity contribution in [1.29, 1.82) is 0 Å². The number of Topliss-reactive ketones (excluding diaryl/α,β-unsaturated/α-hetero) is 1. The molecule has 3 aromatic rings. The van der Waals surface area contributed by atoms with Crippen LogP contribution in [0.25, 0.3) is 0 Å². The van der Waals surface area contributed by atoms with Crippen molar-refractivity contribution in [1.82, 2.24) is 10.0 Å². The number of carbonyl (C=O) groups is 4. The molecule has 45 heavy (non-hydrogen) atoms. The van der Waals surface area contributed by atoms with E-state index in [0.29, 0.717) is 6.42 Å². The summed E-state index contributed by atoms with van der Waals surface area (Å²) in [6, 6.07) is 15.6. The fourth-order valence-electron chi connectivity index (χ4n) is 6.39. The highest BCUT2D eigenvalue weighted by Crippen LogP contribution is 2.60. The van der Waals surface area contributed by atoms with Crippen LogP contribution in [0.15, 0.2) is 71.6 Å². The van der Waals surface area contributed by atoms with Crippen LogP contribution in [0.2, 0.25) is 10.0 Å². The third kappa shape index (κ3) is 5.73. The van der Waals surface area contributed by atoms with Crippen molar-refractivity contribution >= 4 is 88.7 Å². The minimum Gasteiger partial charge on any atom is -0.379 e. The Labute approximate surface area is 286 Å². The number of aryl methyl sites for hydroxylation is 1. The van der Waals surface area contributed by atoms with E-state index >= 15 is 0 Å². The molecule has 3 aromatic carbocycles. The Morgan fingerprint density at radius 3 is 1.98 bits per heavy atom. The molecule has 1 heterocycles. The molecule has 2 bridgehead atoms. The van der Waals surface area contributed by atoms with Gasteiger partial charge in [-0.1, -0.05) is 72.8 Å². The summed E-state index contributed by atoms with van der Waals surface area (Å²) in [5.74, 6) is -3.93. The van der Waals surface area contributed by atoms with E-state index in [-0.39, 0.29) is 53.3 Å². The molecule has 0 aromatic heterocycles. The summed E-state index contributed by atoms with van der Waals surface area (Å²) in [5.41, 5.74) is 1.01. The molecule has 9 nitrogen and oxygen atoms in total. The topological polar surface area (TPSA) is 118 Å². The van der Waals surface area contributed by atoms with Crippen molar-refractivity contribution in [2.75, 3.05) is 6.54 Å². The maximum atomic E-state index is 13.9. The van der Waals surface area contributed by atoms with Gasteiger partial charge in [-0.05, 0) is 79.8 Å². The Balaban J connectivity index is 1.27. The van der Waals surface area contributed by atoms with E-state index in [0.717, 1.165) is 15.6 Å². The maximum Gasteiger partial charge on any atom is 0.339 e. The van der Waals surface area contributed by atoms with Gasteiger partial charge in [-0.25, -0.2) is 5.01 Å².